The zero-order valence-corrected chi connectivity index (χ0v) is 6.87. The van der Waals surface area contributed by atoms with Crippen LogP contribution in [0.25, 0.3) is 0 Å². The highest BCUT2D eigenvalue weighted by atomic mass is 16.8. The predicted octanol–water partition coefficient (Wildman–Crippen LogP) is -1.74. The predicted molar refractivity (Wildman–Crippen MR) is 40.4 cm³/mol. The summed E-state index contributed by atoms with van der Waals surface area (Å²) in [7, 11) is 0. The fourth-order valence-electron chi connectivity index (χ4n) is 0.830. The van der Waals surface area contributed by atoms with Crippen LogP contribution < -0.4 is 5.69 Å². The van der Waals surface area contributed by atoms with E-state index >= 15 is 0 Å². The third kappa shape index (κ3) is 1.53. The molecule has 1 aromatic rings. The van der Waals surface area contributed by atoms with Crippen LogP contribution in [0.2, 0.25) is 0 Å². The van der Waals surface area contributed by atoms with Gasteiger partial charge >= 0.3 is 11.6 Å². The van der Waals surface area contributed by atoms with Gasteiger partial charge in [-0.2, -0.15) is 0 Å². The fraction of sp³-hybridized carbons (Fsp3) is 0.250. The lowest BCUT2D eigenvalue weighted by Crippen LogP contribution is -2.32. The van der Waals surface area contributed by atoms with Gasteiger partial charge in [-0.3, -0.25) is 0 Å². The van der Waals surface area contributed by atoms with Crippen LogP contribution in [0.5, 0.6) is 0 Å². The van der Waals surface area contributed by atoms with Crippen molar-refractivity contribution in [3.8, 4) is 0 Å². The van der Waals surface area contributed by atoms with Crippen molar-refractivity contribution in [2.45, 2.75) is 6.92 Å². The Kier molecular flexibility index (Phi) is 2.19. The Morgan fingerprint density at radius 3 is 2.50 bits per heavy atom. The molecule has 2 N–H and O–H groups in total. The van der Waals surface area contributed by atoms with Gasteiger partial charge in [0.15, 0.2) is 0 Å². The van der Waals surface area contributed by atoms with Crippen LogP contribution in [-0.2, 0) is 0 Å². The first-order valence-electron chi connectivity index (χ1n) is 3.27. The monoisotopic (exact) mass is 203 g/mol. The molecule has 0 aliphatic rings. The molecule has 0 atom stereocenters. The van der Waals surface area contributed by atoms with E-state index in [1.54, 1.807) is 0 Å². The van der Waals surface area contributed by atoms with E-state index in [1.165, 1.54) is 6.92 Å². The molecular formula is C4H5N5O5. The number of nitro groups is 1. The van der Waals surface area contributed by atoms with Gasteiger partial charge < -0.3 is 20.5 Å². The van der Waals surface area contributed by atoms with Crippen molar-refractivity contribution in [2.75, 3.05) is 0 Å². The average Bonchev–Trinajstić information content (AvgIpc) is 2.29. The Bertz CT molecular complexity index is 451. The Morgan fingerprint density at radius 1 is 1.64 bits per heavy atom. The van der Waals surface area contributed by atoms with Gasteiger partial charge in [-0.25, -0.2) is 4.79 Å². The molecule has 0 fully saturated rings. The maximum Gasteiger partial charge on any atom is 0.652 e. The molecule has 1 heterocycles. The third-order valence-electron chi connectivity index (χ3n) is 1.33. The highest BCUT2D eigenvalue weighted by Crippen LogP contribution is 1.89. The van der Waals surface area contributed by atoms with Crippen LogP contribution in [0.15, 0.2) is 4.79 Å². The molecule has 0 unspecified atom stereocenters. The highest BCUT2D eigenvalue weighted by molar-refractivity contribution is 5.68. The van der Waals surface area contributed by atoms with E-state index in [0.29, 0.717) is 4.68 Å². The van der Waals surface area contributed by atoms with Gasteiger partial charge in [0.2, 0.25) is 0 Å². The minimum absolute atomic E-state index is 0.114. The summed E-state index contributed by atoms with van der Waals surface area (Å²) >= 11 is 0. The van der Waals surface area contributed by atoms with E-state index in [1.807, 2.05) is 5.10 Å². The van der Waals surface area contributed by atoms with Crippen LogP contribution in [-0.4, -0.2) is 35.8 Å². The lowest BCUT2D eigenvalue weighted by atomic mass is 10.7. The van der Waals surface area contributed by atoms with Crippen molar-refractivity contribution in [3.63, 3.8) is 0 Å². The van der Waals surface area contributed by atoms with Crippen LogP contribution >= 0.6 is 0 Å². The van der Waals surface area contributed by atoms with Crippen molar-refractivity contribution in [2.24, 2.45) is 0 Å². The number of rotatable bonds is 0. The first kappa shape index (κ1) is 9.70. The van der Waals surface area contributed by atoms with E-state index < -0.39 is 21.5 Å². The number of nitrogens with one attached hydrogen (secondary N) is 1. The molecule has 0 saturated heterocycles. The van der Waals surface area contributed by atoms with E-state index in [0.717, 1.165) is 0 Å². The minimum atomic E-state index is -1.25. The lowest BCUT2D eigenvalue weighted by molar-refractivity contribution is -0.749. The SMILES string of the molecule is Cc1nc(=O)[nH]n1/C([N+](=O)[O-])=[N+](/[O-])O. The number of hydrogen-bond donors (Lipinski definition) is 2. The summed E-state index contributed by atoms with van der Waals surface area (Å²) in [6, 6.07) is 0. The topological polar surface area (TPSA) is 140 Å². The maximum atomic E-state index is 10.6. The van der Waals surface area contributed by atoms with Crippen molar-refractivity contribution in [3.05, 3.63) is 31.6 Å². The van der Waals surface area contributed by atoms with E-state index in [2.05, 4.69) is 4.98 Å². The van der Waals surface area contributed by atoms with E-state index in [9.17, 15) is 20.1 Å². The second kappa shape index (κ2) is 3.16. The summed E-state index contributed by atoms with van der Waals surface area (Å²) in [4.78, 5) is 22.1. The zero-order valence-electron chi connectivity index (χ0n) is 6.87. The van der Waals surface area contributed by atoms with E-state index in [-0.39, 0.29) is 5.82 Å². The van der Waals surface area contributed by atoms with Crippen molar-refractivity contribution in [1.29, 1.82) is 0 Å². The molecule has 1 aromatic heterocycles. The average molecular weight is 203 g/mol. The van der Waals surface area contributed by atoms with Crippen LogP contribution in [0.3, 0.4) is 0 Å². The minimum Gasteiger partial charge on any atom is -0.461 e. The molecule has 0 bridgehead atoms. The Balaban J connectivity index is 3.41. The van der Waals surface area contributed by atoms with Crippen molar-refractivity contribution < 1.29 is 15.0 Å². The highest BCUT2D eigenvalue weighted by Gasteiger charge is 2.32. The fourth-order valence-corrected chi connectivity index (χ4v) is 0.830. The number of aromatic nitrogens is 3. The molecule has 14 heavy (non-hydrogen) atoms. The number of hydrogen-bond acceptors (Lipinski definition) is 6. The molecule has 10 heteroatoms. The number of aryl methyl sites for hydroxylation is 1. The molecular weight excluding hydrogens is 198 g/mol. The van der Waals surface area contributed by atoms with Gasteiger partial charge in [0.05, 0.1) is 9.83 Å². The number of aromatic amines is 1. The lowest BCUT2D eigenvalue weighted by Gasteiger charge is -1.94. The number of H-pyrrole nitrogens is 1. The maximum absolute atomic E-state index is 10.6. The van der Waals surface area contributed by atoms with Gasteiger partial charge in [-0.1, -0.05) is 0 Å². The second-order valence-electron chi connectivity index (χ2n) is 2.24. The summed E-state index contributed by atoms with van der Waals surface area (Å²) in [6.07, 6.45) is 0. The summed E-state index contributed by atoms with van der Waals surface area (Å²) in [5.74, 6) is -1.37. The molecule has 0 aliphatic carbocycles. The quantitative estimate of drug-likeness (QED) is 0.128. The van der Waals surface area contributed by atoms with Crippen LogP contribution in [0, 0.1) is 22.2 Å². The smallest absolute Gasteiger partial charge is 0.461 e. The zero-order chi connectivity index (χ0) is 10.9. The van der Waals surface area contributed by atoms with Gasteiger partial charge in [0.25, 0.3) is 5.82 Å². The molecule has 0 spiro atoms. The molecule has 0 aliphatic heterocycles. The summed E-state index contributed by atoms with van der Waals surface area (Å²) in [5.41, 5.74) is -0.858. The van der Waals surface area contributed by atoms with Crippen LogP contribution in [0.4, 0.5) is 0 Å². The molecule has 1 rings (SSSR count). The molecule has 0 radical (unpaired) electrons. The first-order valence-corrected chi connectivity index (χ1v) is 3.27. The normalized spacial score (nSPS) is 12.4. The molecule has 76 valence electrons. The van der Waals surface area contributed by atoms with Crippen molar-refractivity contribution >= 4 is 5.96 Å². The second-order valence-corrected chi connectivity index (χ2v) is 2.24. The molecule has 0 amide bonds. The van der Waals surface area contributed by atoms with Gasteiger partial charge in [0.1, 0.15) is 0 Å². The summed E-state index contributed by atoms with van der Waals surface area (Å²) < 4.78 is 0.468. The van der Waals surface area contributed by atoms with Crippen molar-refractivity contribution in [1.82, 2.24) is 14.8 Å². The van der Waals surface area contributed by atoms with Crippen LogP contribution in [0.1, 0.15) is 5.82 Å². The Labute approximate surface area is 75.4 Å². The van der Waals surface area contributed by atoms with Gasteiger partial charge in [-0.05, 0) is 4.68 Å². The largest absolute Gasteiger partial charge is 0.652 e. The third-order valence-corrected chi connectivity index (χ3v) is 1.33. The molecule has 0 saturated carbocycles. The number of nitrogens with zero attached hydrogens (tertiary/aromatic N) is 4. The summed E-state index contributed by atoms with van der Waals surface area (Å²) in [6.45, 7) is 1.25. The first-order chi connectivity index (χ1) is 6.43. The Morgan fingerprint density at radius 2 is 2.21 bits per heavy atom. The standard InChI is InChI=1S/C4H5N5O5/c1-2-5-3(10)6-7(2)4(8(11)12)9(13)14/h1H3,(H,6,10)(H,11,12). The van der Waals surface area contributed by atoms with Gasteiger partial charge in [0, 0.05) is 6.92 Å². The van der Waals surface area contributed by atoms with Gasteiger partial charge in [-0.15, -0.1) is 10.1 Å². The van der Waals surface area contributed by atoms with E-state index in [4.69, 9.17) is 5.21 Å². The summed E-state index contributed by atoms with van der Waals surface area (Å²) in [5, 5.41) is 30.9. The molecule has 10 nitrogen and oxygen atoms in total. The Hall–Kier alpha value is -2.39. The molecule has 0 aromatic carbocycles.